The standard InChI is InChI=1S/C16H20N4O/c1-11-9-16(19-18-11)15-7-3-6-14(17-15)13-5-4-8-20(10-13)12(2)21/h3,6-7,9,13H,4-5,8,10H2,1-2H3,(H,18,19)/t13-/m0/s1. The van der Waals surface area contributed by atoms with Crippen molar-refractivity contribution < 1.29 is 4.79 Å². The summed E-state index contributed by atoms with van der Waals surface area (Å²) in [5.74, 6) is 0.474. The van der Waals surface area contributed by atoms with Gasteiger partial charge in [-0.25, -0.2) is 0 Å². The summed E-state index contributed by atoms with van der Waals surface area (Å²) in [6, 6.07) is 8.05. The molecule has 0 aromatic carbocycles. The molecule has 1 amide bonds. The fourth-order valence-corrected chi connectivity index (χ4v) is 2.88. The number of aromatic amines is 1. The number of carbonyl (C=O) groups excluding carboxylic acids is 1. The molecule has 0 bridgehead atoms. The van der Waals surface area contributed by atoms with Gasteiger partial charge in [0.15, 0.2) is 0 Å². The first-order chi connectivity index (χ1) is 10.1. The van der Waals surface area contributed by atoms with Crippen LogP contribution in [0, 0.1) is 6.92 Å². The first kappa shape index (κ1) is 13.8. The van der Waals surface area contributed by atoms with E-state index in [0.29, 0.717) is 5.92 Å². The lowest BCUT2D eigenvalue weighted by molar-refractivity contribution is -0.130. The van der Waals surface area contributed by atoms with Gasteiger partial charge in [0.2, 0.25) is 5.91 Å². The molecule has 1 aliphatic rings. The molecule has 1 aliphatic heterocycles. The van der Waals surface area contributed by atoms with Gasteiger partial charge in [-0.1, -0.05) is 6.07 Å². The van der Waals surface area contributed by atoms with E-state index >= 15 is 0 Å². The van der Waals surface area contributed by atoms with E-state index in [4.69, 9.17) is 4.98 Å². The molecule has 3 rings (SSSR count). The average Bonchev–Trinajstić information content (AvgIpc) is 2.94. The highest BCUT2D eigenvalue weighted by Gasteiger charge is 2.24. The Kier molecular flexibility index (Phi) is 3.73. The SMILES string of the molecule is CC(=O)N1CCC[C@H](c2cccc(-c3cc(C)[nH]n3)n2)C1. The van der Waals surface area contributed by atoms with Gasteiger partial charge in [-0.3, -0.25) is 14.9 Å². The van der Waals surface area contributed by atoms with Crippen LogP contribution in [0.15, 0.2) is 24.3 Å². The van der Waals surface area contributed by atoms with E-state index < -0.39 is 0 Å². The maximum absolute atomic E-state index is 11.6. The van der Waals surface area contributed by atoms with Crippen LogP contribution in [-0.4, -0.2) is 39.1 Å². The molecule has 1 fully saturated rings. The van der Waals surface area contributed by atoms with E-state index in [0.717, 1.165) is 48.7 Å². The molecule has 1 atom stereocenters. The summed E-state index contributed by atoms with van der Waals surface area (Å²) < 4.78 is 0. The molecule has 21 heavy (non-hydrogen) atoms. The third-order valence-corrected chi connectivity index (χ3v) is 4.02. The summed E-state index contributed by atoms with van der Waals surface area (Å²) >= 11 is 0. The number of hydrogen-bond acceptors (Lipinski definition) is 3. The van der Waals surface area contributed by atoms with Crippen LogP contribution in [0.3, 0.4) is 0 Å². The minimum atomic E-state index is 0.152. The number of amides is 1. The first-order valence-electron chi connectivity index (χ1n) is 7.38. The van der Waals surface area contributed by atoms with E-state index in [1.807, 2.05) is 30.0 Å². The van der Waals surface area contributed by atoms with E-state index in [1.165, 1.54) is 0 Å². The molecule has 0 spiro atoms. The Labute approximate surface area is 124 Å². The number of nitrogens with one attached hydrogen (secondary N) is 1. The number of aryl methyl sites for hydroxylation is 1. The molecule has 0 radical (unpaired) electrons. The molecule has 2 aromatic rings. The number of H-pyrrole nitrogens is 1. The molecule has 1 N–H and O–H groups in total. The highest BCUT2D eigenvalue weighted by atomic mass is 16.2. The van der Waals surface area contributed by atoms with E-state index in [1.54, 1.807) is 6.92 Å². The maximum atomic E-state index is 11.6. The van der Waals surface area contributed by atoms with Gasteiger partial charge in [-0.2, -0.15) is 5.10 Å². The van der Waals surface area contributed by atoms with Crippen LogP contribution in [0.1, 0.15) is 37.1 Å². The minimum Gasteiger partial charge on any atom is -0.342 e. The molecule has 0 aliphatic carbocycles. The van der Waals surface area contributed by atoms with Crippen molar-refractivity contribution in [3.05, 3.63) is 35.7 Å². The molecule has 5 heteroatoms. The van der Waals surface area contributed by atoms with Gasteiger partial charge in [-0.15, -0.1) is 0 Å². The van der Waals surface area contributed by atoms with E-state index in [2.05, 4.69) is 16.3 Å². The molecule has 110 valence electrons. The van der Waals surface area contributed by atoms with Gasteiger partial charge in [0, 0.05) is 37.3 Å². The number of likely N-dealkylation sites (tertiary alicyclic amines) is 1. The van der Waals surface area contributed by atoms with Gasteiger partial charge < -0.3 is 4.90 Å². The lowest BCUT2D eigenvalue weighted by Crippen LogP contribution is -2.37. The van der Waals surface area contributed by atoms with Gasteiger partial charge in [0.25, 0.3) is 0 Å². The Balaban J connectivity index is 1.84. The normalized spacial score (nSPS) is 18.8. The number of piperidine rings is 1. The minimum absolute atomic E-state index is 0.152. The third-order valence-electron chi connectivity index (χ3n) is 4.02. The van der Waals surface area contributed by atoms with Gasteiger partial charge in [0.05, 0.1) is 5.69 Å². The Morgan fingerprint density at radius 2 is 2.24 bits per heavy atom. The van der Waals surface area contributed by atoms with Crippen LogP contribution >= 0.6 is 0 Å². The number of nitrogens with zero attached hydrogens (tertiary/aromatic N) is 3. The largest absolute Gasteiger partial charge is 0.342 e. The van der Waals surface area contributed by atoms with Crippen molar-refractivity contribution >= 4 is 5.91 Å². The van der Waals surface area contributed by atoms with E-state index in [9.17, 15) is 4.79 Å². The molecule has 0 saturated carbocycles. The van der Waals surface area contributed by atoms with Crippen LogP contribution in [0.25, 0.3) is 11.4 Å². The second-order valence-corrected chi connectivity index (χ2v) is 5.69. The van der Waals surface area contributed by atoms with Gasteiger partial charge >= 0.3 is 0 Å². The zero-order valence-corrected chi connectivity index (χ0v) is 12.5. The van der Waals surface area contributed by atoms with Crippen LogP contribution < -0.4 is 0 Å². The predicted octanol–water partition coefficient (Wildman–Crippen LogP) is 2.51. The summed E-state index contributed by atoms with van der Waals surface area (Å²) in [5, 5.41) is 7.21. The molecule has 5 nitrogen and oxygen atoms in total. The lowest BCUT2D eigenvalue weighted by atomic mass is 9.94. The fourth-order valence-electron chi connectivity index (χ4n) is 2.88. The molecule has 0 unspecified atom stereocenters. The molecule has 3 heterocycles. The molecular weight excluding hydrogens is 264 g/mol. The third kappa shape index (κ3) is 2.96. The van der Waals surface area contributed by atoms with Crippen LogP contribution in [0.5, 0.6) is 0 Å². The molecule has 2 aromatic heterocycles. The maximum Gasteiger partial charge on any atom is 0.219 e. The van der Waals surface area contributed by atoms with Crippen molar-refractivity contribution in [3.8, 4) is 11.4 Å². The summed E-state index contributed by atoms with van der Waals surface area (Å²) in [7, 11) is 0. The lowest BCUT2D eigenvalue weighted by Gasteiger charge is -2.31. The second kappa shape index (κ2) is 5.68. The first-order valence-corrected chi connectivity index (χ1v) is 7.38. The zero-order chi connectivity index (χ0) is 14.8. The highest BCUT2D eigenvalue weighted by molar-refractivity contribution is 5.73. The summed E-state index contributed by atoms with van der Waals surface area (Å²) in [5.41, 5.74) is 3.84. The predicted molar refractivity (Wildman–Crippen MR) is 80.8 cm³/mol. The van der Waals surface area contributed by atoms with E-state index in [-0.39, 0.29) is 5.91 Å². The highest BCUT2D eigenvalue weighted by Crippen LogP contribution is 2.27. The van der Waals surface area contributed by atoms with Crippen LogP contribution in [-0.2, 0) is 4.79 Å². The van der Waals surface area contributed by atoms with Crippen molar-refractivity contribution in [2.75, 3.05) is 13.1 Å². The summed E-state index contributed by atoms with van der Waals surface area (Å²) in [4.78, 5) is 18.2. The van der Waals surface area contributed by atoms with Crippen molar-refractivity contribution in [1.82, 2.24) is 20.1 Å². The number of carbonyl (C=O) groups is 1. The number of aromatic nitrogens is 3. The smallest absolute Gasteiger partial charge is 0.219 e. The van der Waals surface area contributed by atoms with Gasteiger partial charge in [-0.05, 0) is 38.0 Å². The summed E-state index contributed by atoms with van der Waals surface area (Å²) in [6.45, 7) is 5.25. The topological polar surface area (TPSA) is 61.9 Å². The quantitative estimate of drug-likeness (QED) is 0.921. The second-order valence-electron chi connectivity index (χ2n) is 5.69. The Hall–Kier alpha value is -2.17. The zero-order valence-electron chi connectivity index (χ0n) is 12.5. The Bertz CT molecular complexity index is 649. The number of pyridine rings is 1. The summed E-state index contributed by atoms with van der Waals surface area (Å²) in [6.07, 6.45) is 2.12. The van der Waals surface area contributed by atoms with Crippen molar-refractivity contribution in [3.63, 3.8) is 0 Å². The fraction of sp³-hybridized carbons (Fsp3) is 0.438. The van der Waals surface area contributed by atoms with Crippen LogP contribution in [0.2, 0.25) is 0 Å². The Morgan fingerprint density at radius 3 is 2.95 bits per heavy atom. The molecular formula is C16H20N4O. The van der Waals surface area contributed by atoms with Crippen molar-refractivity contribution in [1.29, 1.82) is 0 Å². The monoisotopic (exact) mass is 284 g/mol. The van der Waals surface area contributed by atoms with Crippen molar-refractivity contribution in [2.45, 2.75) is 32.6 Å². The Morgan fingerprint density at radius 1 is 1.38 bits per heavy atom. The average molecular weight is 284 g/mol. The number of rotatable bonds is 2. The van der Waals surface area contributed by atoms with Gasteiger partial charge in [0.1, 0.15) is 5.69 Å². The van der Waals surface area contributed by atoms with Crippen molar-refractivity contribution in [2.24, 2.45) is 0 Å². The molecule has 1 saturated heterocycles. The number of hydrogen-bond donors (Lipinski definition) is 1. The van der Waals surface area contributed by atoms with Crippen LogP contribution in [0.4, 0.5) is 0 Å².